The van der Waals surface area contributed by atoms with Gasteiger partial charge in [-0.1, -0.05) is 93.9 Å². The van der Waals surface area contributed by atoms with Crippen LogP contribution in [0.1, 0.15) is 58.6 Å². The van der Waals surface area contributed by atoms with E-state index in [1.165, 1.54) is 24.5 Å². The number of nitro groups is 2. The molecule has 3 aromatic heterocycles. The first-order valence-corrected chi connectivity index (χ1v) is 18.9. The van der Waals surface area contributed by atoms with Gasteiger partial charge in [0.25, 0.3) is 0 Å². The second-order valence-electron chi connectivity index (χ2n) is 13.6. The van der Waals surface area contributed by atoms with E-state index >= 15 is 0 Å². The molecule has 0 radical (unpaired) electrons. The fourth-order valence-electron chi connectivity index (χ4n) is 3.91. The van der Waals surface area contributed by atoms with E-state index in [-0.39, 0.29) is 27.8 Å². The molecule has 19 heteroatoms. The number of imidazole rings is 3. The summed E-state index contributed by atoms with van der Waals surface area (Å²) in [6.45, 7) is 18.7. The first kappa shape index (κ1) is 52.3. The second-order valence-corrected chi connectivity index (χ2v) is 17.2. The summed E-state index contributed by atoms with van der Waals surface area (Å²) in [4.78, 5) is 34.9. The van der Waals surface area contributed by atoms with E-state index in [1.807, 2.05) is 43.7 Å². The lowest BCUT2D eigenvalue weighted by Crippen LogP contribution is -2.01. The molecular formula is C39H56ClIN12O5. The Bertz CT molecular complexity index is 2090. The number of rotatable bonds is 4. The van der Waals surface area contributed by atoms with Crippen LogP contribution in [0.15, 0.2) is 92.2 Å². The summed E-state index contributed by atoms with van der Waals surface area (Å²) in [7, 11) is 1.00. The number of para-hydroxylation sites is 3. The number of alkyl halides is 1. The van der Waals surface area contributed by atoms with E-state index in [9.17, 15) is 20.2 Å². The van der Waals surface area contributed by atoms with Crippen molar-refractivity contribution in [2.45, 2.75) is 65.7 Å². The van der Waals surface area contributed by atoms with E-state index in [0.717, 1.165) is 35.8 Å². The number of hydrogen-bond donors (Lipinski definition) is 6. The number of nitro benzene ring substituents is 2. The zero-order valence-corrected chi connectivity index (χ0v) is 37.4. The largest absolute Gasteiger partial charge is 0.400 e. The maximum atomic E-state index is 10.9. The highest BCUT2D eigenvalue weighted by Crippen LogP contribution is 2.30. The number of hydrogen-bond acceptors (Lipinski definition) is 12. The normalized spacial score (nSPS) is 9.83. The molecule has 0 bridgehead atoms. The van der Waals surface area contributed by atoms with Gasteiger partial charge in [0.2, 0.25) is 0 Å². The predicted molar refractivity (Wildman–Crippen MR) is 245 cm³/mol. The highest BCUT2D eigenvalue weighted by Gasteiger charge is 2.19. The molecule has 316 valence electrons. The number of nitrogen functional groups attached to an aromatic ring is 4. The lowest BCUT2D eigenvalue weighted by molar-refractivity contribution is -0.383. The van der Waals surface area contributed by atoms with Gasteiger partial charge in [0.15, 0.2) is 0 Å². The number of nitrogens with zero attached hydrogens (tertiary/aromatic N) is 7. The number of aromatic nitrogens is 6. The average molecular weight is 935 g/mol. The van der Waals surface area contributed by atoms with Gasteiger partial charge < -0.3 is 37.6 Å². The van der Waals surface area contributed by atoms with Crippen molar-refractivity contribution in [2.75, 3.05) is 30.0 Å². The molecule has 3 aromatic carbocycles. The molecule has 10 N–H and O–H groups in total. The Labute approximate surface area is 358 Å². The summed E-state index contributed by atoms with van der Waals surface area (Å²) >= 11 is 7.88. The zero-order chi connectivity index (χ0) is 44.7. The Morgan fingerprint density at radius 3 is 1.48 bits per heavy atom. The molecule has 0 unspecified atom stereocenters. The van der Waals surface area contributed by atoms with Crippen molar-refractivity contribution in [3.63, 3.8) is 0 Å². The molecule has 6 rings (SSSR count). The van der Waals surface area contributed by atoms with Crippen molar-refractivity contribution >= 4 is 68.3 Å². The second kappa shape index (κ2) is 26.2. The Morgan fingerprint density at radius 1 is 0.759 bits per heavy atom. The molecule has 0 amide bonds. The minimum atomic E-state index is -0.600. The van der Waals surface area contributed by atoms with Crippen LogP contribution in [0.2, 0.25) is 5.02 Å². The predicted octanol–water partition coefficient (Wildman–Crippen LogP) is 9.06. The number of aliphatic hydroxyl groups is 1. The first-order valence-electron chi connectivity index (χ1n) is 17.5. The van der Waals surface area contributed by atoms with Crippen LogP contribution in [0.3, 0.4) is 0 Å². The van der Waals surface area contributed by atoms with Crippen LogP contribution in [0.25, 0.3) is 11.4 Å². The van der Waals surface area contributed by atoms with Crippen molar-refractivity contribution in [1.82, 2.24) is 29.1 Å². The van der Waals surface area contributed by atoms with Gasteiger partial charge in [-0.2, -0.15) is 0 Å². The lowest BCUT2D eigenvalue weighted by Gasteiger charge is -2.07. The average Bonchev–Trinajstić information content (AvgIpc) is 3.89. The number of aromatic amines is 1. The number of anilines is 4. The maximum absolute atomic E-state index is 10.9. The van der Waals surface area contributed by atoms with Crippen molar-refractivity contribution in [1.29, 1.82) is 0 Å². The van der Waals surface area contributed by atoms with Gasteiger partial charge in [-0.3, -0.25) is 24.8 Å². The van der Waals surface area contributed by atoms with Crippen LogP contribution in [-0.2, 0) is 0 Å². The fourth-order valence-corrected chi connectivity index (χ4v) is 4.16. The summed E-state index contributed by atoms with van der Waals surface area (Å²) < 4.78 is 3.92. The van der Waals surface area contributed by atoms with Crippen LogP contribution in [0.4, 0.5) is 34.1 Å². The molecule has 58 heavy (non-hydrogen) atoms. The third kappa shape index (κ3) is 20.4. The van der Waals surface area contributed by atoms with Gasteiger partial charge in [-0.15, -0.1) is 0 Å². The van der Waals surface area contributed by atoms with E-state index < -0.39 is 9.85 Å². The Balaban J connectivity index is 0.000000709. The molecular weight excluding hydrogens is 879 g/mol. The summed E-state index contributed by atoms with van der Waals surface area (Å²) in [6, 6.07) is 14.8. The van der Waals surface area contributed by atoms with Gasteiger partial charge >= 0.3 is 11.4 Å². The lowest BCUT2D eigenvalue weighted by atomic mass is 10.2. The van der Waals surface area contributed by atoms with Crippen LogP contribution in [0.5, 0.6) is 0 Å². The molecule has 0 fully saturated rings. The van der Waals surface area contributed by atoms with Gasteiger partial charge in [0, 0.05) is 34.8 Å². The van der Waals surface area contributed by atoms with Gasteiger partial charge in [-0.25, -0.2) is 15.0 Å². The molecule has 0 aliphatic rings. The zero-order valence-electron chi connectivity index (χ0n) is 34.5. The Hall–Kier alpha value is -5.73. The van der Waals surface area contributed by atoms with E-state index in [4.69, 9.17) is 39.6 Å². The molecule has 0 aliphatic carbocycles. The number of H-pyrrole nitrogens is 1. The highest BCUT2D eigenvalue weighted by molar-refractivity contribution is 14.1. The number of halogens is 2. The molecule has 17 nitrogen and oxygen atoms in total. The molecule has 0 saturated heterocycles. The molecule has 0 aliphatic heterocycles. The smallest absolute Gasteiger partial charge is 0.315 e. The van der Waals surface area contributed by atoms with Crippen LogP contribution >= 0.6 is 34.2 Å². The molecule has 6 aromatic rings. The maximum Gasteiger partial charge on any atom is 0.315 e. The van der Waals surface area contributed by atoms with E-state index in [2.05, 4.69) is 84.1 Å². The van der Waals surface area contributed by atoms with E-state index in [1.54, 1.807) is 53.9 Å². The van der Waals surface area contributed by atoms with Crippen molar-refractivity contribution in [3.05, 3.63) is 135 Å². The standard InChI is InChI=1S/C10H10N4O2.C10H12N4.C6H5ClN2O2.C4H9I.C4H6N2.C4H10.CH4O/c1-7-5-13(6-12-7)9-4-2-3-8(11)10(9)14(15)16;1-7-5-14(6-13-7)9-4-2-3-8(11)10(9)12;7-4-2-1-3-5(8)6(4)9(10)11;1-4(2,3)5;1-4-2-5-3-6-4;1-4(2)3;1-2/h2-6H,11H2,1H3;2-6H,11-12H2,1H3;1-3H,8H2;1-3H3;2-3H,1H3,(H,5,6);4H,1-3H3;2H,1H3. The molecule has 3 heterocycles. The quantitative estimate of drug-likeness (QED) is 0.0318. The number of aryl methyl sites for hydroxylation is 3. The molecule has 0 atom stereocenters. The van der Waals surface area contributed by atoms with Gasteiger partial charge in [-0.05, 0) is 63.1 Å². The summed E-state index contributed by atoms with van der Waals surface area (Å²) in [6.07, 6.45) is 10.3. The fraction of sp³-hybridized carbons (Fsp3) is 0.308. The minimum Gasteiger partial charge on any atom is -0.400 e. The van der Waals surface area contributed by atoms with Crippen molar-refractivity contribution in [3.8, 4) is 11.4 Å². The number of benzene rings is 3. The number of nitrogens with two attached hydrogens (primary N) is 4. The minimum absolute atomic E-state index is 0.0648. The van der Waals surface area contributed by atoms with Crippen LogP contribution in [0, 0.1) is 46.9 Å². The van der Waals surface area contributed by atoms with Crippen molar-refractivity contribution < 1.29 is 15.0 Å². The monoisotopic (exact) mass is 934 g/mol. The third-order valence-electron chi connectivity index (χ3n) is 6.16. The van der Waals surface area contributed by atoms with Crippen molar-refractivity contribution in [2.24, 2.45) is 5.92 Å². The van der Waals surface area contributed by atoms with Gasteiger partial charge in [0.05, 0.1) is 57.3 Å². The first-order chi connectivity index (χ1) is 27.0. The third-order valence-corrected chi connectivity index (χ3v) is 6.47. The summed E-state index contributed by atoms with van der Waals surface area (Å²) in [5.41, 5.74) is 27.7. The number of nitrogens with one attached hydrogen (secondary N) is 1. The Morgan fingerprint density at radius 2 is 1.16 bits per heavy atom. The van der Waals surface area contributed by atoms with E-state index in [0.29, 0.717) is 20.5 Å². The topological polar surface area (TPSA) is 275 Å². The van der Waals surface area contributed by atoms with Crippen LogP contribution in [-0.4, -0.2) is 54.6 Å². The SMILES string of the molecule is CC(C)(C)I.CC(C)C.CO.Cc1cn(-c2cccc(N)c2N)cn1.Cc1cn(-c2cccc(N)c2[N+](=O)[O-])cn1.Cc1cnc[nH]1.Nc1cccc(Cl)c1[N+](=O)[O-]. The molecule has 0 spiro atoms. The molecule has 0 saturated carbocycles. The highest BCUT2D eigenvalue weighted by atomic mass is 127. The van der Waals surface area contributed by atoms with Crippen LogP contribution < -0.4 is 22.9 Å². The summed E-state index contributed by atoms with van der Waals surface area (Å²) in [5.74, 6) is 0.833. The number of aliphatic hydroxyl groups excluding tert-OH is 1. The van der Waals surface area contributed by atoms with Gasteiger partial charge in [0.1, 0.15) is 22.1 Å². The Kier molecular flexibility index (Phi) is 23.6. The summed E-state index contributed by atoms with van der Waals surface area (Å²) in [5, 5.41) is 28.3.